The van der Waals surface area contributed by atoms with Crippen molar-refractivity contribution in [1.29, 1.82) is 0 Å². The number of nitrogens with zero attached hydrogens (tertiary/aromatic N) is 4. The third-order valence-corrected chi connectivity index (χ3v) is 9.37. The molecule has 3 atom stereocenters. The lowest BCUT2D eigenvalue weighted by Gasteiger charge is -2.35. The van der Waals surface area contributed by atoms with E-state index in [-0.39, 0.29) is 35.1 Å². The fourth-order valence-corrected chi connectivity index (χ4v) is 7.33. The van der Waals surface area contributed by atoms with Crippen molar-refractivity contribution >= 4 is 5.97 Å². The van der Waals surface area contributed by atoms with Crippen LogP contribution in [0.3, 0.4) is 0 Å². The minimum Gasteiger partial charge on any atom is -0.491 e. The molecule has 2 aliphatic heterocycles. The highest BCUT2D eigenvalue weighted by molar-refractivity contribution is 5.73. The zero-order chi connectivity index (χ0) is 31.4. The smallest absolute Gasteiger partial charge is 0.321 e. The highest BCUT2D eigenvalue weighted by Crippen LogP contribution is 2.37. The Morgan fingerprint density at radius 3 is 2.48 bits per heavy atom. The predicted molar refractivity (Wildman–Crippen MR) is 167 cm³/mol. The molecule has 2 saturated heterocycles. The molecule has 1 N–H and O–H groups in total. The van der Waals surface area contributed by atoms with Crippen LogP contribution < -0.4 is 4.74 Å². The number of carbonyl (C=O) groups is 1. The summed E-state index contributed by atoms with van der Waals surface area (Å²) in [6.07, 6.45) is 2.58. The molecule has 0 aliphatic carbocycles. The summed E-state index contributed by atoms with van der Waals surface area (Å²) in [6.45, 7) is 13.1. The first-order chi connectivity index (χ1) is 21.2. The molecule has 2 fully saturated rings. The van der Waals surface area contributed by atoms with Crippen LogP contribution in [0.5, 0.6) is 5.75 Å². The maximum absolute atomic E-state index is 14.4. The quantitative estimate of drug-likeness (QED) is 0.265. The van der Waals surface area contributed by atoms with E-state index in [1.807, 2.05) is 32.9 Å². The highest BCUT2D eigenvalue weighted by atomic mass is 19.1. The Hall–Kier alpha value is -3.30. The second-order valence-corrected chi connectivity index (χ2v) is 12.7. The molecule has 0 radical (unpaired) electrons. The van der Waals surface area contributed by atoms with Crippen molar-refractivity contribution < 1.29 is 23.4 Å². The topological polar surface area (TPSA) is 70.8 Å². The van der Waals surface area contributed by atoms with E-state index < -0.39 is 12.0 Å². The molecule has 0 amide bonds. The first-order valence-electron chi connectivity index (χ1n) is 16.1. The van der Waals surface area contributed by atoms with Gasteiger partial charge in [-0.3, -0.25) is 14.4 Å². The molecule has 0 spiro atoms. The van der Waals surface area contributed by atoms with Crippen LogP contribution in [0.15, 0.2) is 48.5 Å². The number of carboxylic acids is 1. The van der Waals surface area contributed by atoms with E-state index in [2.05, 4.69) is 27.5 Å². The van der Waals surface area contributed by atoms with E-state index in [0.29, 0.717) is 32.0 Å². The summed E-state index contributed by atoms with van der Waals surface area (Å²) in [5, 5.41) is 14.8. The van der Waals surface area contributed by atoms with E-state index >= 15 is 0 Å². The van der Waals surface area contributed by atoms with Gasteiger partial charge in [0.1, 0.15) is 11.9 Å². The van der Waals surface area contributed by atoms with Crippen LogP contribution in [-0.4, -0.2) is 76.0 Å². The summed E-state index contributed by atoms with van der Waals surface area (Å²) in [7, 11) is 0. The largest absolute Gasteiger partial charge is 0.491 e. The molecule has 1 aromatic heterocycles. The SMILES string of the molecule is CCOc1ccc(Cc2cc(C3CCN(C[C@H]4CN([C@@H](C(=O)O)C(C)C)C[C@@H]4c4cccc(F)c4)CC3)n(CC)n2)cc1F. The van der Waals surface area contributed by atoms with Crippen LogP contribution in [0.4, 0.5) is 8.78 Å². The zero-order valence-electron chi connectivity index (χ0n) is 26.4. The van der Waals surface area contributed by atoms with Crippen molar-refractivity contribution in [1.82, 2.24) is 19.6 Å². The molecule has 3 aromatic rings. The third-order valence-electron chi connectivity index (χ3n) is 9.37. The number of piperidine rings is 1. The molecule has 44 heavy (non-hydrogen) atoms. The van der Waals surface area contributed by atoms with E-state index in [4.69, 9.17) is 9.84 Å². The Bertz CT molecular complexity index is 1420. The summed E-state index contributed by atoms with van der Waals surface area (Å²) < 4.78 is 36.1. The van der Waals surface area contributed by atoms with E-state index in [0.717, 1.165) is 55.8 Å². The van der Waals surface area contributed by atoms with Crippen molar-refractivity contribution in [2.75, 3.05) is 39.3 Å². The molecule has 238 valence electrons. The van der Waals surface area contributed by atoms with E-state index in [1.54, 1.807) is 18.2 Å². The number of ether oxygens (including phenoxy) is 1. The minimum absolute atomic E-state index is 0.0167. The Balaban J connectivity index is 1.25. The van der Waals surface area contributed by atoms with Crippen LogP contribution in [0.1, 0.15) is 74.9 Å². The fourth-order valence-electron chi connectivity index (χ4n) is 7.33. The summed E-state index contributed by atoms with van der Waals surface area (Å²) >= 11 is 0. The first-order valence-corrected chi connectivity index (χ1v) is 16.1. The standard InChI is InChI=1S/C35H46F2N4O3/c1-5-41-32(19-29(38-41)16-24-10-11-33(44-6-2)31(37)17-24)25-12-14-39(15-13-25)20-27-21-40(34(23(3)4)35(42)43)22-30(27)26-8-7-9-28(36)18-26/h7-11,17-19,23,25,27,30,34H,5-6,12-16,20-22H2,1-4H3,(H,42,43)/t27-,30+,34+/m0/s1. The molecule has 9 heteroatoms. The Kier molecular flexibility index (Phi) is 10.4. The van der Waals surface area contributed by atoms with Gasteiger partial charge in [0.25, 0.3) is 0 Å². The number of benzene rings is 2. The summed E-state index contributed by atoms with van der Waals surface area (Å²) in [5.74, 6) is -0.441. The van der Waals surface area contributed by atoms with Gasteiger partial charge in [0, 0.05) is 50.1 Å². The maximum atomic E-state index is 14.4. The molecule has 2 aliphatic rings. The molecule has 0 unspecified atom stereocenters. The van der Waals surface area contributed by atoms with Gasteiger partial charge >= 0.3 is 5.97 Å². The van der Waals surface area contributed by atoms with E-state index in [9.17, 15) is 18.7 Å². The Morgan fingerprint density at radius 2 is 1.84 bits per heavy atom. The van der Waals surface area contributed by atoms with Gasteiger partial charge in [-0.15, -0.1) is 0 Å². The molecule has 0 bridgehead atoms. The monoisotopic (exact) mass is 608 g/mol. The van der Waals surface area contributed by atoms with Crippen molar-refractivity contribution in [3.63, 3.8) is 0 Å². The predicted octanol–water partition coefficient (Wildman–Crippen LogP) is 6.17. The molecule has 0 saturated carbocycles. The van der Waals surface area contributed by atoms with Gasteiger partial charge in [-0.05, 0) is 93.1 Å². The lowest BCUT2D eigenvalue weighted by atomic mass is 9.87. The lowest BCUT2D eigenvalue weighted by molar-refractivity contribution is -0.144. The molecule has 2 aromatic carbocycles. The first kappa shape index (κ1) is 32.1. The van der Waals surface area contributed by atoms with Crippen LogP contribution in [0.25, 0.3) is 0 Å². The number of carboxylic acid groups (broad SMARTS) is 1. The second-order valence-electron chi connectivity index (χ2n) is 12.7. The second kappa shape index (κ2) is 14.2. The number of aromatic nitrogens is 2. The molecular formula is C35H46F2N4O3. The van der Waals surface area contributed by atoms with Crippen molar-refractivity contribution in [2.45, 2.75) is 71.4 Å². The van der Waals surface area contributed by atoms with E-state index in [1.165, 1.54) is 17.8 Å². The summed E-state index contributed by atoms with van der Waals surface area (Å²) in [5.41, 5.74) is 4.00. The van der Waals surface area contributed by atoms with Gasteiger partial charge in [0.05, 0.1) is 12.3 Å². The minimum atomic E-state index is -0.793. The number of hydrogen-bond donors (Lipinski definition) is 1. The van der Waals surface area contributed by atoms with Crippen LogP contribution in [0, 0.1) is 23.5 Å². The highest BCUT2D eigenvalue weighted by Gasteiger charge is 2.41. The van der Waals surface area contributed by atoms with Gasteiger partial charge < -0.3 is 14.7 Å². The molecular weight excluding hydrogens is 562 g/mol. The Labute approximate surface area is 259 Å². The normalized spacial score (nSPS) is 20.8. The third kappa shape index (κ3) is 7.32. The molecule has 3 heterocycles. The van der Waals surface area contributed by atoms with Crippen molar-refractivity contribution in [3.05, 3.63) is 82.7 Å². The van der Waals surface area contributed by atoms with Crippen LogP contribution in [0.2, 0.25) is 0 Å². The number of halogens is 2. The van der Waals surface area contributed by atoms with Gasteiger partial charge in [0.2, 0.25) is 0 Å². The number of likely N-dealkylation sites (tertiary alicyclic amines) is 2. The van der Waals surface area contributed by atoms with Gasteiger partial charge in [-0.2, -0.15) is 5.10 Å². The van der Waals surface area contributed by atoms with Gasteiger partial charge in [-0.1, -0.05) is 32.0 Å². The lowest BCUT2D eigenvalue weighted by Crippen LogP contribution is -2.44. The zero-order valence-corrected chi connectivity index (χ0v) is 26.4. The molecule has 7 nitrogen and oxygen atoms in total. The number of hydrogen-bond acceptors (Lipinski definition) is 5. The Morgan fingerprint density at radius 1 is 1.07 bits per heavy atom. The van der Waals surface area contributed by atoms with Crippen molar-refractivity contribution in [3.8, 4) is 5.75 Å². The molecule has 5 rings (SSSR count). The average molecular weight is 609 g/mol. The van der Waals surface area contributed by atoms with Crippen molar-refractivity contribution in [2.24, 2.45) is 11.8 Å². The maximum Gasteiger partial charge on any atom is 0.321 e. The number of rotatable bonds is 12. The van der Waals surface area contributed by atoms with Crippen LogP contribution in [-0.2, 0) is 17.8 Å². The van der Waals surface area contributed by atoms with Gasteiger partial charge in [0.15, 0.2) is 11.6 Å². The summed E-state index contributed by atoms with van der Waals surface area (Å²) in [6, 6.07) is 13.6. The summed E-state index contributed by atoms with van der Waals surface area (Å²) in [4.78, 5) is 16.8. The number of aryl methyl sites for hydroxylation is 1. The van der Waals surface area contributed by atoms with Gasteiger partial charge in [-0.25, -0.2) is 8.78 Å². The van der Waals surface area contributed by atoms with Crippen LogP contribution >= 0.6 is 0 Å². The number of aliphatic carboxylic acids is 1. The average Bonchev–Trinajstić information content (AvgIpc) is 3.58. The fraction of sp³-hybridized carbons (Fsp3) is 0.543.